The van der Waals surface area contributed by atoms with Gasteiger partial charge in [-0.3, -0.25) is 4.98 Å². The molecule has 0 spiro atoms. The van der Waals surface area contributed by atoms with Gasteiger partial charge in [0, 0.05) is 11.6 Å². The van der Waals surface area contributed by atoms with Crippen molar-refractivity contribution in [3.8, 4) is 5.75 Å². The Kier molecular flexibility index (Phi) is 2.96. The summed E-state index contributed by atoms with van der Waals surface area (Å²) in [7, 11) is 0. The molecule has 1 heterocycles. The molecule has 0 unspecified atom stereocenters. The van der Waals surface area contributed by atoms with Crippen LogP contribution in [0.15, 0.2) is 30.5 Å². The Morgan fingerprint density at radius 2 is 2.00 bits per heavy atom. The van der Waals surface area contributed by atoms with Gasteiger partial charge in [-0.05, 0) is 24.3 Å². The van der Waals surface area contributed by atoms with Crippen molar-refractivity contribution in [3.63, 3.8) is 0 Å². The fourth-order valence-corrected chi connectivity index (χ4v) is 1.34. The van der Waals surface area contributed by atoms with E-state index in [0.29, 0.717) is 10.5 Å². The molecule has 0 bridgehead atoms. The smallest absolute Gasteiger partial charge is 0.141 e. The molecule has 0 saturated heterocycles. The molecule has 0 aliphatic heterocycles. The molecule has 0 amide bonds. The minimum atomic E-state index is 0. The number of benzene rings is 1. The summed E-state index contributed by atoms with van der Waals surface area (Å²) in [5.74, 6) is 0.162. The summed E-state index contributed by atoms with van der Waals surface area (Å²) in [5, 5.41) is 10.8. The predicted octanol–water partition coefficient (Wildman–Crippen LogP) is 3.02. The average molecular weight is 216 g/mol. The molecule has 0 saturated carbocycles. The van der Waals surface area contributed by atoms with Gasteiger partial charge in [-0.1, -0.05) is 11.6 Å². The van der Waals surface area contributed by atoms with E-state index in [9.17, 15) is 5.11 Å². The second kappa shape index (κ2) is 3.81. The summed E-state index contributed by atoms with van der Waals surface area (Å²) in [4.78, 5) is 4.01. The lowest BCUT2D eigenvalue weighted by molar-refractivity contribution is 0.480. The van der Waals surface area contributed by atoms with Crippen molar-refractivity contribution in [3.05, 3.63) is 35.5 Å². The first-order valence-electron chi connectivity index (χ1n) is 3.51. The first-order valence-corrected chi connectivity index (χ1v) is 3.89. The van der Waals surface area contributed by atoms with E-state index >= 15 is 0 Å². The van der Waals surface area contributed by atoms with Crippen molar-refractivity contribution in [2.75, 3.05) is 0 Å². The molecule has 2 nitrogen and oxygen atoms in total. The molecule has 13 heavy (non-hydrogen) atoms. The van der Waals surface area contributed by atoms with Crippen molar-refractivity contribution < 1.29 is 5.11 Å². The zero-order valence-corrected chi connectivity index (χ0v) is 8.14. The third-order valence-electron chi connectivity index (χ3n) is 1.70. The molecule has 0 fully saturated rings. The van der Waals surface area contributed by atoms with Crippen LogP contribution in [0, 0.1) is 0 Å². The first-order chi connectivity index (χ1) is 5.79. The van der Waals surface area contributed by atoms with E-state index in [1.807, 2.05) is 6.07 Å². The monoisotopic (exact) mass is 215 g/mol. The van der Waals surface area contributed by atoms with Crippen molar-refractivity contribution >= 4 is 34.9 Å². The highest BCUT2D eigenvalue weighted by molar-refractivity contribution is 6.35. The fourth-order valence-electron chi connectivity index (χ4n) is 1.12. The van der Waals surface area contributed by atoms with Gasteiger partial charge in [0.05, 0.1) is 5.02 Å². The highest BCUT2D eigenvalue weighted by Gasteiger charge is 2.02. The largest absolute Gasteiger partial charge is 0.506 e. The Bertz CT molecular complexity index is 390. The van der Waals surface area contributed by atoms with Gasteiger partial charge in [0.1, 0.15) is 11.3 Å². The minimum Gasteiger partial charge on any atom is -0.506 e. The third-order valence-corrected chi connectivity index (χ3v) is 2.02. The van der Waals surface area contributed by atoms with Crippen LogP contribution in [0.2, 0.25) is 5.02 Å². The average Bonchev–Trinajstić information content (AvgIpc) is 2.12. The van der Waals surface area contributed by atoms with Gasteiger partial charge >= 0.3 is 0 Å². The number of hydrogen-bond acceptors (Lipinski definition) is 2. The summed E-state index contributed by atoms with van der Waals surface area (Å²) in [6.07, 6.45) is 1.62. The van der Waals surface area contributed by atoms with Gasteiger partial charge in [0.15, 0.2) is 0 Å². The molecule has 1 N–H and O–H groups in total. The van der Waals surface area contributed by atoms with E-state index in [1.54, 1.807) is 18.3 Å². The maximum absolute atomic E-state index is 9.37. The van der Waals surface area contributed by atoms with E-state index < -0.39 is 0 Å². The standard InChI is InChI=1S/C9H6ClNO.ClH/c10-7-3-4-8(12)9-6(7)2-1-5-11-9;/h1-5,12H;1H. The fraction of sp³-hybridized carbons (Fsp3) is 0. The molecule has 2 rings (SSSR count). The van der Waals surface area contributed by atoms with Crippen LogP contribution in [-0.2, 0) is 0 Å². The van der Waals surface area contributed by atoms with E-state index in [-0.39, 0.29) is 18.2 Å². The van der Waals surface area contributed by atoms with Crippen LogP contribution in [0.1, 0.15) is 0 Å². The highest BCUT2D eigenvalue weighted by Crippen LogP contribution is 2.28. The van der Waals surface area contributed by atoms with Crippen LogP contribution in [0.25, 0.3) is 10.9 Å². The summed E-state index contributed by atoms with van der Waals surface area (Å²) in [6, 6.07) is 6.80. The maximum Gasteiger partial charge on any atom is 0.141 e. The second-order valence-corrected chi connectivity index (χ2v) is 2.87. The number of halogens is 2. The number of aromatic nitrogens is 1. The number of aromatic hydroxyl groups is 1. The van der Waals surface area contributed by atoms with E-state index in [4.69, 9.17) is 11.6 Å². The summed E-state index contributed by atoms with van der Waals surface area (Å²) < 4.78 is 0. The SMILES string of the molecule is Cl.Oc1ccc(Cl)c2cccnc12. The molecule has 68 valence electrons. The van der Waals surface area contributed by atoms with Crippen molar-refractivity contribution in [1.29, 1.82) is 0 Å². The zero-order chi connectivity index (χ0) is 8.55. The lowest BCUT2D eigenvalue weighted by atomic mass is 10.2. The van der Waals surface area contributed by atoms with Gasteiger partial charge in [-0.2, -0.15) is 0 Å². The Hall–Kier alpha value is -0.990. The molecular formula is C9H7Cl2NO. The van der Waals surface area contributed by atoms with Gasteiger partial charge in [0.25, 0.3) is 0 Å². The first kappa shape index (κ1) is 10.1. The zero-order valence-electron chi connectivity index (χ0n) is 6.57. The Labute approximate surface area is 86.6 Å². The summed E-state index contributed by atoms with van der Waals surface area (Å²) in [5.41, 5.74) is 0.546. The Balaban J connectivity index is 0.000000845. The molecule has 2 aromatic rings. The van der Waals surface area contributed by atoms with Crippen molar-refractivity contribution in [1.82, 2.24) is 4.98 Å². The molecule has 1 aromatic heterocycles. The van der Waals surface area contributed by atoms with Crippen molar-refractivity contribution in [2.45, 2.75) is 0 Å². The molecule has 4 heteroatoms. The quantitative estimate of drug-likeness (QED) is 0.734. The van der Waals surface area contributed by atoms with Crippen LogP contribution in [0.4, 0.5) is 0 Å². The predicted molar refractivity (Wildman–Crippen MR) is 55.7 cm³/mol. The van der Waals surface area contributed by atoms with Crippen LogP contribution in [0.3, 0.4) is 0 Å². The number of phenols is 1. The Morgan fingerprint density at radius 1 is 1.23 bits per heavy atom. The van der Waals surface area contributed by atoms with Gasteiger partial charge in [-0.25, -0.2) is 0 Å². The van der Waals surface area contributed by atoms with E-state index in [2.05, 4.69) is 4.98 Å². The normalized spacial score (nSPS) is 9.62. The summed E-state index contributed by atoms with van der Waals surface area (Å²) >= 11 is 5.88. The van der Waals surface area contributed by atoms with Gasteiger partial charge < -0.3 is 5.11 Å². The molecule has 0 radical (unpaired) electrons. The number of nitrogens with zero attached hydrogens (tertiary/aromatic N) is 1. The third kappa shape index (κ3) is 1.69. The van der Waals surface area contributed by atoms with Crippen LogP contribution in [-0.4, -0.2) is 10.1 Å². The van der Waals surface area contributed by atoms with E-state index in [1.165, 1.54) is 6.07 Å². The highest BCUT2D eigenvalue weighted by atomic mass is 35.5. The van der Waals surface area contributed by atoms with Crippen LogP contribution in [0.5, 0.6) is 5.75 Å². The maximum atomic E-state index is 9.37. The number of hydrogen-bond donors (Lipinski definition) is 1. The summed E-state index contributed by atoms with van der Waals surface area (Å²) in [6.45, 7) is 0. The van der Waals surface area contributed by atoms with Crippen LogP contribution >= 0.6 is 24.0 Å². The molecule has 0 aliphatic carbocycles. The minimum absolute atomic E-state index is 0. The number of fused-ring (bicyclic) bond motifs is 1. The molecule has 0 aliphatic rings. The number of pyridine rings is 1. The van der Waals surface area contributed by atoms with Crippen molar-refractivity contribution in [2.24, 2.45) is 0 Å². The molecule has 1 aromatic carbocycles. The van der Waals surface area contributed by atoms with Crippen LogP contribution < -0.4 is 0 Å². The Morgan fingerprint density at radius 3 is 2.69 bits per heavy atom. The topological polar surface area (TPSA) is 33.1 Å². The van der Waals surface area contributed by atoms with Gasteiger partial charge in [-0.15, -0.1) is 12.4 Å². The van der Waals surface area contributed by atoms with E-state index in [0.717, 1.165) is 5.39 Å². The lowest BCUT2D eigenvalue weighted by Gasteiger charge is -2.00. The number of phenolic OH excluding ortho intramolecular Hbond substituents is 1. The second-order valence-electron chi connectivity index (χ2n) is 2.47. The number of rotatable bonds is 0. The molecular weight excluding hydrogens is 209 g/mol. The van der Waals surface area contributed by atoms with Gasteiger partial charge in [0.2, 0.25) is 0 Å². The lowest BCUT2D eigenvalue weighted by Crippen LogP contribution is -1.78. The molecule has 0 atom stereocenters.